The maximum atomic E-state index is 13.0. The van der Waals surface area contributed by atoms with Crippen LogP contribution in [0.2, 0.25) is 0 Å². The van der Waals surface area contributed by atoms with E-state index in [1.54, 1.807) is 12.4 Å². The molecular formula is C23H21NO2. The molecule has 0 N–H and O–H groups in total. The van der Waals surface area contributed by atoms with Crippen LogP contribution in [0.1, 0.15) is 41.0 Å². The minimum atomic E-state index is -0.280. The fourth-order valence-corrected chi connectivity index (χ4v) is 4.17. The predicted octanol–water partition coefficient (Wildman–Crippen LogP) is 4.54. The summed E-state index contributed by atoms with van der Waals surface area (Å²) >= 11 is 0. The van der Waals surface area contributed by atoms with Gasteiger partial charge in [-0.2, -0.15) is 0 Å². The molecule has 3 heteroatoms. The van der Waals surface area contributed by atoms with E-state index >= 15 is 0 Å². The summed E-state index contributed by atoms with van der Waals surface area (Å²) in [6, 6.07) is 22.6. The zero-order chi connectivity index (χ0) is 17.9. The second-order valence-electron chi connectivity index (χ2n) is 6.55. The number of nitrogens with zero attached hydrogens (tertiary/aromatic N) is 1. The van der Waals surface area contributed by atoms with Crippen molar-refractivity contribution >= 4 is 5.97 Å². The lowest BCUT2D eigenvalue weighted by Gasteiger charge is -2.24. The number of hydrogen-bond donors (Lipinski definition) is 0. The summed E-state index contributed by atoms with van der Waals surface area (Å²) in [7, 11) is 0. The number of benzene rings is 2. The molecule has 0 saturated carbocycles. The smallest absolute Gasteiger partial charge is 0.310 e. The second kappa shape index (κ2) is 7.12. The van der Waals surface area contributed by atoms with E-state index in [4.69, 9.17) is 4.74 Å². The summed E-state index contributed by atoms with van der Waals surface area (Å²) < 4.78 is 5.51. The molecule has 1 aromatic heterocycles. The number of esters is 1. The van der Waals surface area contributed by atoms with E-state index in [9.17, 15) is 4.79 Å². The van der Waals surface area contributed by atoms with Gasteiger partial charge < -0.3 is 4.74 Å². The maximum absolute atomic E-state index is 13.0. The summed E-state index contributed by atoms with van der Waals surface area (Å²) in [5.74, 6) is -0.459. The number of pyridine rings is 1. The van der Waals surface area contributed by atoms with Gasteiger partial charge in [0.2, 0.25) is 0 Å². The minimum absolute atomic E-state index is 0.00962. The molecule has 3 nitrogen and oxygen atoms in total. The molecule has 0 amide bonds. The Morgan fingerprint density at radius 3 is 1.96 bits per heavy atom. The van der Waals surface area contributed by atoms with Crippen molar-refractivity contribution in [1.82, 2.24) is 4.98 Å². The largest absolute Gasteiger partial charge is 0.466 e. The topological polar surface area (TPSA) is 39.2 Å². The van der Waals surface area contributed by atoms with Gasteiger partial charge in [-0.1, -0.05) is 54.6 Å². The van der Waals surface area contributed by atoms with Crippen molar-refractivity contribution in [3.05, 3.63) is 101 Å². The first-order chi connectivity index (χ1) is 12.8. The zero-order valence-electron chi connectivity index (χ0n) is 14.7. The molecule has 26 heavy (non-hydrogen) atoms. The predicted molar refractivity (Wildman–Crippen MR) is 101 cm³/mol. The number of carbonyl (C=O) groups excluding carboxylic acids is 1. The van der Waals surface area contributed by atoms with Gasteiger partial charge in [-0.25, -0.2) is 0 Å². The van der Waals surface area contributed by atoms with Gasteiger partial charge in [0.15, 0.2) is 0 Å². The second-order valence-corrected chi connectivity index (χ2v) is 6.55. The molecule has 0 spiro atoms. The zero-order valence-corrected chi connectivity index (χ0v) is 14.7. The van der Waals surface area contributed by atoms with Gasteiger partial charge in [0.05, 0.1) is 12.5 Å². The highest BCUT2D eigenvalue weighted by Gasteiger charge is 2.46. The summed E-state index contributed by atoms with van der Waals surface area (Å²) in [4.78, 5) is 17.2. The van der Waals surface area contributed by atoms with Crippen molar-refractivity contribution < 1.29 is 9.53 Å². The number of fused-ring (bicyclic) bond motifs is 1. The van der Waals surface area contributed by atoms with E-state index in [-0.39, 0.29) is 23.7 Å². The number of hydrogen-bond acceptors (Lipinski definition) is 3. The monoisotopic (exact) mass is 343 g/mol. The van der Waals surface area contributed by atoms with Crippen LogP contribution in [0.25, 0.3) is 0 Å². The summed E-state index contributed by atoms with van der Waals surface area (Å²) in [6.45, 7) is 2.25. The standard InChI is InChI=1S/C23H21NO2/c1-2-26-23(25)22-20(16-8-4-3-5-9-16)18-10-6-7-11-19(18)21(22)17-12-14-24-15-13-17/h3-15,20-22H,2H2,1H3/t20-,21+,22+/m0/s1. The van der Waals surface area contributed by atoms with E-state index in [1.807, 2.05) is 49.4 Å². The van der Waals surface area contributed by atoms with Crippen LogP contribution in [0.3, 0.4) is 0 Å². The quantitative estimate of drug-likeness (QED) is 0.653. The SMILES string of the molecule is CCOC(=O)[C@H]1[C@H](c2ccncc2)c2ccccc2[C@@H]1c1ccccc1. The highest BCUT2D eigenvalue weighted by molar-refractivity contribution is 5.79. The maximum Gasteiger partial charge on any atom is 0.310 e. The van der Waals surface area contributed by atoms with Crippen LogP contribution in [0.4, 0.5) is 0 Å². The van der Waals surface area contributed by atoms with Gasteiger partial charge >= 0.3 is 5.97 Å². The van der Waals surface area contributed by atoms with Crippen LogP contribution in [-0.2, 0) is 9.53 Å². The molecule has 1 heterocycles. The van der Waals surface area contributed by atoms with Gasteiger partial charge in [-0.05, 0) is 41.3 Å². The van der Waals surface area contributed by atoms with E-state index in [0.717, 1.165) is 11.1 Å². The average molecular weight is 343 g/mol. The Balaban J connectivity index is 1.91. The highest BCUT2D eigenvalue weighted by atomic mass is 16.5. The normalized spacial score (nSPS) is 21.2. The van der Waals surface area contributed by atoms with Crippen LogP contribution in [0.5, 0.6) is 0 Å². The Morgan fingerprint density at radius 1 is 0.846 bits per heavy atom. The number of aromatic nitrogens is 1. The molecule has 0 unspecified atom stereocenters. The van der Waals surface area contributed by atoms with Gasteiger partial charge in [-0.15, -0.1) is 0 Å². The molecule has 2 aromatic carbocycles. The molecule has 3 aromatic rings. The molecular weight excluding hydrogens is 322 g/mol. The van der Waals surface area contributed by atoms with Crippen LogP contribution in [-0.4, -0.2) is 17.6 Å². The molecule has 1 aliphatic carbocycles. The first-order valence-corrected chi connectivity index (χ1v) is 9.01. The Hall–Kier alpha value is -2.94. The van der Waals surface area contributed by atoms with Crippen molar-refractivity contribution in [1.29, 1.82) is 0 Å². The van der Waals surface area contributed by atoms with E-state index in [2.05, 4.69) is 29.2 Å². The third kappa shape index (κ3) is 2.80. The molecule has 3 atom stereocenters. The number of rotatable bonds is 4. The minimum Gasteiger partial charge on any atom is -0.466 e. The highest BCUT2D eigenvalue weighted by Crippen LogP contribution is 2.52. The van der Waals surface area contributed by atoms with Crippen LogP contribution < -0.4 is 0 Å². The fraction of sp³-hybridized carbons (Fsp3) is 0.217. The first-order valence-electron chi connectivity index (χ1n) is 9.01. The van der Waals surface area contributed by atoms with Crippen LogP contribution >= 0.6 is 0 Å². The van der Waals surface area contributed by atoms with Crippen molar-refractivity contribution in [3.63, 3.8) is 0 Å². The lowest BCUT2D eigenvalue weighted by atomic mass is 9.80. The first kappa shape index (κ1) is 16.5. The summed E-state index contributed by atoms with van der Waals surface area (Å²) in [6.07, 6.45) is 3.58. The van der Waals surface area contributed by atoms with Gasteiger partial charge in [0, 0.05) is 24.2 Å². The van der Waals surface area contributed by atoms with E-state index in [0.29, 0.717) is 6.61 Å². The Bertz CT molecular complexity index is 826. The molecule has 0 saturated heterocycles. The third-order valence-corrected chi connectivity index (χ3v) is 5.17. The van der Waals surface area contributed by atoms with Gasteiger partial charge in [0.1, 0.15) is 0 Å². The van der Waals surface area contributed by atoms with Crippen molar-refractivity contribution in [3.8, 4) is 0 Å². The van der Waals surface area contributed by atoms with Crippen molar-refractivity contribution in [2.24, 2.45) is 5.92 Å². The third-order valence-electron chi connectivity index (χ3n) is 5.17. The van der Waals surface area contributed by atoms with E-state index < -0.39 is 0 Å². The Kier molecular flexibility index (Phi) is 4.53. The summed E-state index contributed by atoms with van der Waals surface area (Å²) in [5.41, 5.74) is 4.66. The molecule has 0 fully saturated rings. The van der Waals surface area contributed by atoms with Crippen molar-refractivity contribution in [2.75, 3.05) is 6.61 Å². The Labute approximate surface area is 153 Å². The number of ether oxygens (including phenoxy) is 1. The lowest BCUT2D eigenvalue weighted by Crippen LogP contribution is -2.26. The van der Waals surface area contributed by atoms with Crippen molar-refractivity contribution in [2.45, 2.75) is 18.8 Å². The molecule has 1 aliphatic rings. The van der Waals surface area contributed by atoms with Gasteiger partial charge in [-0.3, -0.25) is 9.78 Å². The number of carbonyl (C=O) groups is 1. The average Bonchev–Trinajstić information content (AvgIpc) is 3.05. The van der Waals surface area contributed by atoms with Crippen LogP contribution in [0, 0.1) is 5.92 Å². The van der Waals surface area contributed by atoms with Gasteiger partial charge in [0.25, 0.3) is 0 Å². The lowest BCUT2D eigenvalue weighted by molar-refractivity contribution is -0.148. The Morgan fingerprint density at radius 2 is 1.38 bits per heavy atom. The van der Waals surface area contributed by atoms with Crippen LogP contribution in [0.15, 0.2) is 79.1 Å². The summed E-state index contributed by atoms with van der Waals surface area (Å²) in [5, 5.41) is 0. The molecule has 0 radical (unpaired) electrons. The molecule has 0 aliphatic heterocycles. The fourth-order valence-electron chi connectivity index (χ4n) is 4.17. The molecule has 130 valence electrons. The molecule has 4 rings (SSSR count). The molecule has 0 bridgehead atoms. The van der Waals surface area contributed by atoms with E-state index in [1.165, 1.54) is 11.1 Å².